The Bertz CT molecular complexity index is 538. The molecule has 1 fully saturated rings. The van der Waals surface area contributed by atoms with Crippen molar-refractivity contribution < 1.29 is 0 Å². The standard InChI is InChI=1S/C17H22N2/c1-18-16(13-7-3-2-4-8-13)15-11-5-9-14-10-6-12-19-17(14)15/h5-6,9-13,16,18H,2-4,7-8H2,1H3. The van der Waals surface area contributed by atoms with Gasteiger partial charge in [-0.15, -0.1) is 0 Å². The van der Waals surface area contributed by atoms with Crippen molar-refractivity contribution in [3.63, 3.8) is 0 Å². The van der Waals surface area contributed by atoms with Crippen molar-refractivity contribution in [1.29, 1.82) is 0 Å². The summed E-state index contributed by atoms with van der Waals surface area (Å²) in [5, 5.41) is 4.79. The fourth-order valence-electron chi connectivity index (χ4n) is 3.49. The maximum absolute atomic E-state index is 4.60. The summed E-state index contributed by atoms with van der Waals surface area (Å²) in [6.45, 7) is 0. The molecule has 3 rings (SSSR count). The lowest BCUT2D eigenvalue weighted by Crippen LogP contribution is -2.27. The lowest BCUT2D eigenvalue weighted by atomic mass is 9.80. The lowest BCUT2D eigenvalue weighted by molar-refractivity contribution is 0.282. The van der Waals surface area contributed by atoms with E-state index >= 15 is 0 Å². The molecule has 1 aromatic carbocycles. The Labute approximate surface area is 115 Å². The zero-order valence-corrected chi connectivity index (χ0v) is 11.6. The zero-order valence-electron chi connectivity index (χ0n) is 11.6. The van der Waals surface area contributed by atoms with Gasteiger partial charge in [-0.05, 0) is 37.4 Å². The lowest BCUT2D eigenvalue weighted by Gasteiger charge is -2.30. The summed E-state index contributed by atoms with van der Waals surface area (Å²) in [5.74, 6) is 0.756. The molecule has 2 aromatic rings. The molecule has 1 atom stereocenters. The number of benzene rings is 1. The highest BCUT2D eigenvalue weighted by atomic mass is 14.9. The quantitative estimate of drug-likeness (QED) is 0.893. The molecule has 1 heterocycles. The van der Waals surface area contributed by atoms with Gasteiger partial charge in [0.05, 0.1) is 5.52 Å². The normalized spacial score (nSPS) is 18.6. The van der Waals surface area contributed by atoms with Gasteiger partial charge in [-0.2, -0.15) is 0 Å². The Hall–Kier alpha value is -1.41. The van der Waals surface area contributed by atoms with Gasteiger partial charge in [0.2, 0.25) is 0 Å². The second-order valence-electron chi connectivity index (χ2n) is 5.59. The van der Waals surface area contributed by atoms with E-state index in [1.54, 1.807) is 0 Å². The van der Waals surface area contributed by atoms with E-state index in [0.717, 1.165) is 11.4 Å². The van der Waals surface area contributed by atoms with Gasteiger partial charge in [-0.25, -0.2) is 0 Å². The number of hydrogen-bond acceptors (Lipinski definition) is 2. The highest BCUT2D eigenvalue weighted by molar-refractivity contribution is 5.82. The second kappa shape index (κ2) is 5.70. The molecule has 1 N–H and O–H groups in total. The third kappa shape index (κ3) is 2.50. The van der Waals surface area contributed by atoms with Crippen molar-refractivity contribution >= 4 is 10.9 Å². The molecule has 2 heteroatoms. The van der Waals surface area contributed by atoms with Crippen LogP contribution >= 0.6 is 0 Å². The van der Waals surface area contributed by atoms with E-state index in [4.69, 9.17) is 0 Å². The minimum atomic E-state index is 0.443. The van der Waals surface area contributed by atoms with E-state index in [0.29, 0.717) is 6.04 Å². The van der Waals surface area contributed by atoms with Crippen molar-refractivity contribution in [2.45, 2.75) is 38.1 Å². The first-order valence-electron chi connectivity index (χ1n) is 7.41. The Morgan fingerprint density at radius 2 is 1.89 bits per heavy atom. The van der Waals surface area contributed by atoms with Gasteiger partial charge in [0, 0.05) is 17.6 Å². The molecule has 0 spiro atoms. The van der Waals surface area contributed by atoms with Crippen LogP contribution in [0.4, 0.5) is 0 Å². The largest absolute Gasteiger partial charge is 0.313 e. The first kappa shape index (κ1) is 12.6. The van der Waals surface area contributed by atoms with Gasteiger partial charge >= 0.3 is 0 Å². The molecule has 0 radical (unpaired) electrons. The van der Waals surface area contributed by atoms with Crippen LogP contribution in [-0.2, 0) is 0 Å². The molecule has 0 bridgehead atoms. The van der Waals surface area contributed by atoms with Gasteiger partial charge < -0.3 is 5.32 Å². The summed E-state index contributed by atoms with van der Waals surface area (Å²) in [4.78, 5) is 4.60. The highest BCUT2D eigenvalue weighted by Gasteiger charge is 2.25. The molecule has 1 unspecified atom stereocenters. The SMILES string of the molecule is CNC(c1cccc2cccnc12)C1CCCCC1. The van der Waals surface area contributed by atoms with Crippen LogP contribution in [0, 0.1) is 5.92 Å². The number of para-hydroxylation sites is 1. The Balaban J connectivity index is 2.00. The zero-order chi connectivity index (χ0) is 13.1. The summed E-state index contributed by atoms with van der Waals surface area (Å²) < 4.78 is 0. The van der Waals surface area contributed by atoms with E-state index in [2.05, 4.69) is 41.6 Å². The molecule has 0 aliphatic heterocycles. The van der Waals surface area contributed by atoms with E-state index in [9.17, 15) is 0 Å². The summed E-state index contributed by atoms with van der Waals surface area (Å²) in [6.07, 6.45) is 8.74. The van der Waals surface area contributed by atoms with Crippen LogP contribution in [0.25, 0.3) is 10.9 Å². The first-order chi connectivity index (χ1) is 9.40. The van der Waals surface area contributed by atoms with Gasteiger partial charge in [0.25, 0.3) is 0 Å². The maximum atomic E-state index is 4.60. The molecular weight excluding hydrogens is 232 g/mol. The third-order valence-corrected chi connectivity index (χ3v) is 4.43. The first-order valence-corrected chi connectivity index (χ1v) is 7.41. The Morgan fingerprint density at radius 1 is 1.11 bits per heavy atom. The number of hydrogen-bond donors (Lipinski definition) is 1. The summed E-state index contributed by atoms with van der Waals surface area (Å²) >= 11 is 0. The predicted octanol–water partition coefficient (Wildman–Crippen LogP) is 4.08. The van der Waals surface area contributed by atoms with Gasteiger partial charge in [-0.1, -0.05) is 43.5 Å². The van der Waals surface area contributed by atoms with E-state index < -0.39 is 0 Å². The van der Waals surface area contributed by atoms with Crippen molar-refractivity contribution in [1.82, 2.24) is 10.3 Å². The molecule has 0 saturated heterocycles. The van der Waals surface area contributed by atoms with Crippen molar-refractivity contribution in [2.24, 2.45) is 5.92 Å². The molecule has 2 nitrogen and oxygen atoms in total. The number of rotatable bonds is 3. The predicted molar refractivity (Wildman–Crippen MR) is 80.1 cm³/mol. The minimum Gasteiger partial charge on any atom is -0.313 e. The number of aromatic nitrogens is 1. The van der Waals surface area contributed by atoms with Crippen molar-refractivity contribution in [3.05, 3.63) is 42.1 Å². The monoisotopic (exact) mass is 254 g/mol. The van der Waals surface area contributed by atoms with Crippen LogP contribution in [0.3, 0.4) is 0 Å². The average Bonchev–Trinajstić information content (AvgIpc) is 2.49. The molecule has 1 saturated carbocycles. The summed E-state index contributed by atoms with van der Waals surface area (Å²) in [7, 11) is 2.08. The van der Waals surface area contributed by atoms with E-state index in [1.807, 2.05) is 12.3 Å². The molecule has 19 heavy (non-hydrogen) atoms. The van der Waals surface area contributed by atoms with Crippen LogP contribution in [0.15, 0.2) is 36.5 Å². The van der Waals surface area contributed by atoms with E-state index in [1.165, 1.54) is 43.1 Å². The topological polar surface area (TPSA) is 24.9 Å². The van der Waals surface area contributed by atoms with Crippen LogP contribution < -0.4 is 5.32 Å². The number of pyridine rings is 1. The number of nitrogens with zero attached hydrogens (tertiary/aromatic N) is 1. The van der Waals surface area contributed by atoms with Crippen molar-refractivity contribution in [3.8, 4) is 0 Å². The Kier molecular flexibility index (Phi) is 3.79. The fourth-order valence-corrected chi connectivity index (χ4v) is 3.49. The van der Waals surface area contributed by atoms with Gasteiger partial charge in [-0.3, -0.25) is 4.98 Å². The third-order valence-electron chi connectivity index (χ3n) is 4.43. The average molecular weight is 254 g/mol. The summed E-state index contributed by atoms with van der Waals surface area (Å²) in [6, 6.07) is 11.2. The number of nitrogens with one attached hydrogen (secondary N) is 1. The maximum Gasteiger partial charge on any atom is 0.0749 e. The fraction of sp³-hybridized carbons (Fsp3) is 0.471. The van der Waals surface area contributed by atoms with E-state index in [-0.39, 0.29) is 0 Å². The second-order valence-corrected chi connectivity index (χ2v) is 5.59. The van der Waals surface area contributed by atoms with Gasteiger partial charge in [0.1, 0.15) is 0 Å². The minimum absolute atomic E-state index is 0.443. The molecular formula is C17H22N2. The molecule has 1 aliphatic rings. The molecule has 1 aromatic heterocycles. The van der Waals surface area contributed by atoms with Gasteiger partial charge in [0.15, 0.2) is 0 Å². The molecule has 100 valence electrons. The van der Waals surface area contributed by atoms with Crippen LogP contribution in [0.2, 0.25) is 0 Å². The number of fused-ring (bicyclic) bond motifs is 1. The molecule has 1 aliphatic carbocycles. The highest BCUT2D eigenvalue weighted by Crippen LogP contribution is 2.36. The van der Waals surface area contributed by atoms with Crippen molar-refractivity contribution in [2.75, 3.05) is 7.05 Å². The summed E-state index contributed by atoms with van der Waals surface area (Å²) in [5.41, 5.74) is 2.53. The van der Waals surface area contributed by atoms with Crippen LogP contribution in [0.5, 0.6) is 0 Å². The van der Waals surface area contributed by atoms with Crippen LogP contribution in [-0.4, -0.2) is 12.0 Å². The molecule has 0 amide bonds. The van der Waals surface area contributed by atoms with Crippen LogP contribution in [0.1, 0.15) is 43.7 Å². The Morgan fingerprint density at radius 3 is 2.68 bits per heavy atom. The smallest absolute Gasteiger partial charge is 0.0749 e.